The molecule has 1 heterocycles. The molecule has 7 heteroatoms. The second-order valence-corrected chi connectivity index (χ2v) is 8.55. The number of anilines is 1. The van der Waals surface area contributed by atoms with E-state index in [1.54, 1.807) is 16.7 Å². The zero-order chi connectivity index (χ0) is 18.5. The fourth-order valence-electron chi connectivity index (χ4n) is 2.37. The van der Waals surface area contributed by atoms with E-state index in [0.29, 0.717) is 17.3 Å². The number of benzene rings is 2. The molecule has 0 unspecified atom stereocenters. The number of carbonyl (C=O) groups is 1. The number of fused-ring (bicyclic) bond motifs is 1. The Morgan fingerprint density at radius 1 is 1.15 bits per heavy atom. The summed E-state index contributed by atoms with van der Waals surface area (Å²) in [5, 5.41) is 1.40. The molecular formula is C19H20ClN3OS2. The summed E-state index contributed by atoms with van der Waals surface area (Å²) in [6, 6.07) is 15.6. The molecule has 0 aliphatic rings. The van der Waals surface area contributed by atoms with Crippen molar-refractivity contribution < 1.29 is 4.79 Å². The van der Waals surface area contributed by atoms with Crippen LogP contribution in [0.2, 0.25) is 5.02 Å². The number of nitrogens with zero attached hydrogens (tertiary/aromatic N) is 3. The largest absolute Gasteiger partial charge is 0.308 e. The summed E-state index contributed by atoms with van der Waals surface area (Å²) in [4.78, 5) is 22.5. The first-order chi connectivity index (χ1) is 12.5. The maximum atomic E-state index is 12.9. The smallest absolute Gasteiger partial charge is 0.239 e. The number of hydrogen-bond donors (Lipinski definition) is 0. The van der Waals surface area contributed by atoms with Gasteiger partial charge in [0, 0.05) is 23.0 Å². The van der Waals surface area contributed by atoms with Crippen LogP contribution in [0.5, 0.6) is 0 Å². The summed E-state index contributed by atoms with van der Waals surface area (Å²) in [6.45, 7) is 1.38. The fraction of sp³-hybridized carbons (Fsp3) is 0.263. The Morgan fingerprint density at radius 2 is 1.92 bits per heavy atom. The van der Waals surface area contributed by atoms with E-state index in [1.807, 2.05) is 62.6 Å². The van der Waals surface area contributed by atoms with Crippen molar-refractivity contribution in [3.05, 3.63) is 53.6 Å². The monoisotopic (exact) mass is 405 g/mol. The first-order valence-corrected chi connectivity index (χ1v) is 10.4. The van der Waals surface area contributed by atoms with Gasteiger partial charge in [0.05, 0.1) is 16.0 Å². The molecule has 0 bridgehead atoms. The van der Waals surface area contributed by atoms with Gasteiger partial charge in [-0.15, -0.1) is 11.8 Å². The topological polar surface area (TPSA) is 36.4 Å². The van der Waals surface area contributed by atoms with Crippen LogP contribution in [0.1, 0.15) is 0 Å². The van der Waals surface area contributed by atoms with E-state index in [0.717, 1.165) is 26.8 Å². The number of aromatic nitrogens is 1. The van der Waals surface area contributed by atoms with E-state index in [4.69, 9.17) is 11.6 Å². The average molecular weight is 406 g/mol. The van der Waals surface area contributed by atoms with Crippen LogP contribution in [0, 0.1) is 0 Å². The van der Waals surface area contributed by atoms with Crippen molar-refractivity contribution >= 4 is 56.0 Å². The molecule has 0 N–H and O–H groups in total. The van der Waals surface area contributed by atoms with Crippen LogP contribution in [0.3, 0.4) is 0 Å². The second-order valence-electron chi connectivity index (χ2n) is 6.06. The Morgan fingerprint density at radius 3 is 2.65 bits per heavy atom. The quantitative estimate of drug-likeness (QED) is 0.536. The van der Waals surface area contributed by atoms with Crippen LogP contribution in [-0.4, -0.2) is 48.7 Å². The SMILES string of the molecule is CN(C)CCN(C(=O)CSc1ccccc1)c1nc2ccc(Cl)cc2s1. The van der Waals surface area contributed by atoms with Crippen molar-refractivity contribution in [1.82, 2.24) is 9.88 Å². The van der Waals surface area contributed by atoms with Gasteiger partial charge in [0.2, 0.25) is 5.91 Å². The summed E-state index contributed by atoms with van der Waals surface area (Å²) in [5.41, 5.74) is 0.868. The highest BCUT2D eigenvalue weighted by atomic mass is 35.5. The molecule has 0 radical (unpaired) electrons. The molecule has 1 amide bonds. The molecule has 0 spiro atoms. The van der Waals surface area contributed by atoms with Gasteiger partial charge in [0.15, 0.2) is 5.13 Å². The summed E-state index contributed by atoms with van der Waals surface area (Å²) in [6.07, 6.45) is 0. The minimum Gasteiger partial charge on any atom is -0.308 e. The Hall–Kier alpha value is -1.60. The van der Waals surface area contributed by atoms with Crippen molar-refractivity contribution in [2.45, 2.75) is 4.90 Å². The summed E-state index contributed by atoms with van der Waals surface area (Å²) < 4.78 is 0.992. The number of carbonyl (C=O) groups excluding carboxylic acids is 1. The molecule has 2 aromatic carbocycles. The number of likely N-dealkylation sites (N-methyl/N-ethyl adjacent to an activating group) is 1. The zero-order valence-corrected chi connectivity index (χ0v) is 17.1. The molecular weight excluding hydrogens is 386 g/mol. The van der Waals surface area contributed by atoms with Crippen molar-refractivity contribution in [3.8, 4) is 0 Å². The number of rotatable bonds is 7. The van der Waals surface area contributed by atoms with E-state index in [2.05, 4.69) is 9.88 Å². The van der Waals surface area contributed by atoms with E-state index in [1.165, 1.54) is 11.3 Å². The van der Waals surface area contributed by atoms with E-state index in [-0.39, 0.29) is 5.91 Å². The predicted octanol–water partition coefficient (Wildman–Crippen LogP) is 4.64. The molecule has 0 aliphatic heterocycles. The number of thiazole rings is 1. The molecule has 26 heavy (non-hydrogen) atoms. The van der Waals surface area contributed by atoms with Crippen molar-refractivity contribution in [3.63, 3.8) is 0 Å². The van der Waals surface area contributed by atoms with E-state index >= 15 is 0 Å². The third-order valence-electron chi connectivity index (χ3n) is 3.75. The molecule has 0 saturated carbocycles. The molecule has 3 rings (SSSR count). The van der Waals surface area contributed by atoms with E-state index < -0.39 is 0 Å². The molecule has 0 atom stereocenters. The number of hydrogen-bond acceptors (Lipinski definition) is 5. The Labute approximate surface area is 166 Å². The highest BCUT2D eigenvalue weighted by molar-refractivity contribution is 8.00. The molecule has 136 valence electrons. The zero-order valence-electron chi connectivity index (χ0n) is 14.7. The van der Waals surface area contributed by atoms with E-state index in [9.17, 15) is 4.79 Å². The first-order valence-electron chi connectivity index (χ1n) is 8.22. The van der Waals surface area contributed by atoms with Gasteiger partial charge in [-0.1, -0.05) is 41.1 Å². The van der Waals surface area contributed by atoms with Crippen LogP contribution < -0.4 is 4.90 Å². The van der Waals surface area contributed by atoms with Crippen LogP contribution in [0.25, 0.3) is 10.2 Å². The molecule has 1 aromatic heterocycles. The van der Waals surface area contributed by atoms with Gasteiger partial charge in [-0.25, -0.2) is 4.98 Å². The lowest BCUT2D eigenvalue weighted by Crippen LogP contribution is -2.37. The molecule has 0 fully saturated rings. The third kappa shape index (κ3) is 4.98. The number of thioether (sulfide) groups is 1. The lowest BCUT2D eigenvalue weighted by Gasteiger charge is -2.21. The van der Waals surface area contributed by atoms with Gasteiger partial charge >= 0.3 is 0 Å². The third-order valence-corrected chi connectivity index (χ3v) is 6.02. The fourth-order valence-corrected chi connectivity index (χ4v) is 4.45. The van der Waals surface area contributed by atoms with Gasteiger partial charge in [-0.3, -0.25) is 9.69 Å². The average Bonchev–Trinajstić information content (AvgIpc) is 3.03. The van der Waals surface area contributed by atoms with Crippen LogP contribution >= 0.6 is 34.7 Å². The Kier molecular flexibility index (Phi) is 6.53. The maximum Gasteiger partial charge on any atom is 0.239 e. The van der Waals surface area contributed by atoms with Gasteiger partial charge in [0.1, 0.15) is 0 Å². The maximum absolute atomic E-state index is 12.9. The summed E-state index contributed by atoms with van der Waals surface area (Å²) in [5.74, 6) is 0.444. The number of amides is 1. The van der Waals surface area contributed by atoms with Crippen LogP contribution in [0.4, 0.5) is 5.13 Å². The molecule has 0 saturated heterocycles. The van der Waals surface area contributed by atoms with Crippen molar-refractivity contribution in [2.75, 3.05) is 37.8 Å². The molecule has 3 aromatic rings. The lowest BCUT2D eigenvalue weighted by atomic mass is 10.3. The van der Waals surface area contributed by atoms with Crippen molar-refractivity contribution in [1.29, 1.82) is 0 Å². The highest BCUT2D eigenvalue weighted by Gasteiger charge is 2.20. The predicted molar refractivity (Wildman–Crippen MR) is 113 cm³/mol. The summed E-state index contributed by atoms with van der Waals surface area (Å²) in [7, 11) is 4.00. The second kappa shape index (κ2) is 8.86. The lowest BCUT2D eigenvalue weighted by molar-refractivity contribution is -0.116. The van der Waals surface area contributed by atoms with Crippen molar-refractivity contribution in [2.24, 2.45) is 0 Å². The number of halogens is 1. The van der Waals surface area contributed by atoms with Gasteiger partial charge in [-0.2, -0.15) is 0 Å². The standard InChI is InChI=1S/C19H20ClN3OS2/c1-22(2)10-11-23(18(24)13-25-15-6-4-3-5-7-15)19-21-16-9-8-14(20)12-17(16)26-19/h3-9,12H,10-11,13H2,1-2H3. The van der Waals surface area contributed by atoms with Crippen LogP contribution in [0.15, 0.2) is 53.4 Å². The molecule has 0 aliphatic carbocycles. The Bertz CT molecular complexity index is 883. The first kappa shape index (κ1) is 19.2. The van der Waals surface area contributed by atoms with Gasteiger partial charge < -0.3 is 4.90 Å². The normalized spacial score (nSPS) is 11.2. The van der Waals surface area contributed by atoms with Gasteiger partial charge in [-0.05, 0) is 44.4 Å². The Balaban J connectivity index is 1.79. The molecule has 4 nitrogen and oxygen atoms in total. The van der Waals surface area contributed by atoms with Crippen LogP contribution in [-0.2, 0) is 4.79 Å². The minimum atomic E-state index is 0.0610. The minimum absolute atomic E-state index is 0.0610. The highest BCUT2D eigenvalue weighted by Crippen LogP contribution is 2.31. The van der Waals surface area contributed by atoms with Gasteiger partial charge in [0.25, 0.3) is 0 Å². The summed E-state index contributed by atoms with van der Waals surface area (Å²) >= 11 is 9.13.